The number of esters is 1. The molecule has 8 nitrogen and oxygen atoms in total. The van der Waals surface area contributed by atoms with Crippen molar-refractivity contribution in [1.82, 2.24) is 10.1 Å². The molecule has 0 bridgehead atoms. The first-order chi connectivity index (χ1) is 13.4. The van der Waals surface area contributed by atoms with Crippen LogP contribution in [0.4, 0.5) is 0 Å². The minimum atomic E-state index is -1.20. The van der Waals surface area contributed by atoms with Crippen LogP contribution in [0.1, 0.15) is 18.9 Å². The lowest BCUT2D eigenvalue weighted by Crippen LogP contribution is -2.54. The van der Waals surface area contributed by atoms with Crippen molar-refractivity contribution in [1.29, 1.82) is 0 Å². The Bertz CT molecular complexity index is 760. The molecule has 1 unspecified atom stereocenters. The van der Waals surface area contributed by atoms with Gasteiger partial charge in [-0.2, -0.15) is 5.12 Å². The van der Waals surface area contributed by atoms with E-state index in [-0.39, 0.29) is 18.7 Å². The van der Waals surface area contributed by atoms with E-state index in [4.69, 9.17) is 15.7 Å². The van der Waals surface area contributed by atoms with E-state index in [9.17, 15) is 14.4 Å². The van der Waals surface area contributed by atoms with Gasteiger partial charge in [-0.1, -0.05) is 48.6 Å². The smallest absolute Gasteiger partial charge is 0.324 e. The number of nitrogens with zero attached hydrogens (tertiary/aromatic N) is 2. The van der Waals surface area contributed by atoms with Crippen LogP contribution in [0.15, 0.2) is 54.1 Å². The number of carbonyl (C=O) groups excluding carboxylic acids is 2. The van der Waals surface area contributed by atoms with E-state index < -0.39 is 30.3 Å². The Kier molecular flexibility index (Phi) is 7.91. The van der Waals surface area contributed by atoms with Gasteiger partial charge in [-0.3, -0.25) is 20.2 Å². The molecule has 150 valence electrons. The first-order valence-corrected chi connectivity index (χ1v) is 9.07. The Morgan fingerprint density at radius 3 is 2.64 bits per heavy atom. The number of allylic oxidation sites excluding steroid dienone is 2. The summed E-state index contributed by atoms with van der Waals surface area (Å²) in [6, 6.07) is 9.58. The highest BCUT2D eigenvalue weighted by Gasteiger charge is 2.34. The van der Waals surface area contributed by atoms with Crippen LogP contribution in [-0.2, 0) is 25.5 Å². The van der Waals surface area contributed by atoms with E-state index >= 15 is 0 Å². The highest BCUT2D eigenvalue weighted by Crippen LogP contribution is 2.24. The van der Waals surface area contributed by atoms with Crippen molar-refractivity contribution in [2.24, 2.45) is 11.8 Å². The summed E-state index contributed by atoms with van der Waals surface area (Å²) in [6.45, 7) is 1.43. The number of nitrogens with two attached hydrogens (primary N) is 1. The standard InChI is InChI=1S/C20H25N3O5/c1-2-28-20(27)17(12-11-15-8-4-3-5-9-15)16-10-6-7-13-23(21)22(19(16)26)14-18(24)25/h3-10,17H,2,11-14,21H2,1H3,(H,24,25). The van der Waals surface area contributed by atoms with Gasteiger partial charge in [-0.05, 0) is 25.3 Å². The summed E-state index contributed by atoms with van der Waals surface area (Å²) in [7, 11) is 0. The Balaban J connectivity index is 2.32. The number of aryl methyl sites for hydroxylation is 1. The van der Waals surface area contributed by atoms with Gasteiger partial charge in [0.05, 0.1) is 19.1 Å². The van der Waals surface area contributed by atoms with Crippen molar-refractivity contribution >= 4 is 17.8 Å². The van der Waals surface area contributed by atoms with Gasteiger partial charge in [-0.15, -0.1) is 0 Å². The first-order valence-electron chi connectivity index (χ1n) is 9.07. The van der Waals surface area contributed by atoms with Gasteiger partial charge in [0.25, 0.3) is 5.91 Å². The molecule has 2 rings (SSSR count). The zero-order chi connectivity index (χ0) is 20.5. The summed E-state index contributed by atoms with van der Waals surface area (Å²) in [5, 5.41) is 11.1. The summed E-state index contributed by atoms with van der Waals surface area (Å²) in [6.07, 6.45) is 5.76. The zero-order valence-corrected chi connectivity index (χ0v) is 15.8. The molecule has 1 amide bonds. The molecular weight excluding hydrogens is 362 g/mol. The van der Waals surface area contributed by atoms with Crippen LogP contribution in [0.25, 0.3) is 0 Å². The van der Waals surface area contributed by atoms with Crippen molar-refractivity contribution in [3.05, 3.63) is 59.7 Å². The van der Waals surface area contributed by atoms with Crippen LogP contribution in [0.2, 0.25) is 0 Å². The SMILES string of the molecule is CCOC(=O)C(CCc1ccccc1)C1=CC=CCN(N)N(CC(=O)O)C1=O. The van der Waals surface area contributed by atoms with Gasteiger partial charge in [0.15, 0.2) is 0 Å². The molecule has 1 aromatic rings. The fraction of sp³-hybridized carbons (Fsp3) is 0.350. The molecule has 1 aromatic carbocycles. The fourth-order valence-corrected chi connectivity index (χ4v) is 2.93. The maximum Gasteiger partial charge on any atom is 0.324 e. The third-order valence-electron chi connectivity index (χ3n) is 4.29. The predicted octanol–water partition coefficient (Wildman–Crippen LogP) is 1.30. The van der Waals surface area contributed by atoms with Crippen LogP contribution in [0.5, 0.6) is 0 Å². The molecule has 0 aromatic heterocycles. The normalized spacial score (nSPS) is 16.1. The topological polar surface area (TPSA) is 113 Å². The summed E-state index contributed by atoms with van der Waals surface area (Å²) in [5.74, 6) is 2.65. The van der Waals surface area contributed by atoms with E-state index in [2.05, 4.69) is 0 Å². The Morgan fingerprint density at radius 2 is 2.00 bits per heavy atom. The van der Waals surface area contributed by atoms with Gasteiger partial charge in [-0.25, -0.2) is 5.01 Å². The fourth-order valence-electron chi connectivity index (χ4n) is 2.93. The van der Waals surface area contributed by atoms with Crippen LogP contribution in [-0.4, -0.2) is 52.8 Å². The maximum atomic E-state index is 13.0. The van der Waals surface area contributed by atoms with Gasteiger partial charge >= 0.3 is 11.9 Å². The minimum Gasteiger partial charge on any atom is -0.480 e. The number of carboxylic acid groups (broad SMARTS) is 1. The molecule has 0 saturated carbocycles. The molecule has 28 heavy (non-hydrogen) atoms. The monoisotopic (exact) mass is 387 g/mol. The number of carboxylic acids is 1. The highest BCUT2D eigenvalue weighted by atomic mass is 16.5. The summed E-state index contributed by atoms with van der Waals surface area (Å²) in [4.78, 5) is 36.8. The van der Waals surface area contributed by atoms with Crippen molar-refractivity contribution < 1.29 is 24.2 Å². The van der Waals surface area contributed by atoms with Crippen molar-refractivity contribution in [3.63, 3.8) is 0 Å². The Hall–Kier alpha value is -2.97. The largest absolute Gasteiger partial charge is 0.480 e. The number of ether oxygens (including phenoxy) is 1. The molecule has 0 saturated heterocycles. The number of hydrogen-bond acceptors (Lipinski definition) is 6. The second-order valence-electron chi connectivity index (χ2n) is 6.26. The van der Waals surface area contributed by atoms with Crippen molar-refractivity contribution in [3.8, 4) is 0 Å². The average Bonchev–Trinajstić information content (AvgIpc) is 2.67. The molecule has 0 fully saturated rings. The van der Waals surface area contributed by atoms with Crippen molar-refractivity contribution in [2.45, 2.75) is 19.8 Å². The van der Waals surface area contributed by atoms with Gasteiger partial charge in [0.2, 0.25) is 0 Å². The number of aliphatic carboxylic acids is 1. The maximum absolute atomic E-state index is 13.0. The number of rotatable bonds is 8. The van der Waals surface area contributed by atoms with Crippen LogP contribution in [0, 0.1) is 5.92 Å². The molecule has 0 radical (unpaired) electrons. The molecule has 1 aliphatic rings. The highest BCUT2D eigenvalue weighted by molar-refractivity contribution is 6.00. The second-order valence-corrected chi connectivity index (χ2v) is 6.26. The minimum absolute atomic E-state index is 0.155. The molecule has 0 aliphatic carbocycles. The second kappa shape index (κ2) is 10.4. The summed E-state index contributed by atoms with van der Waals surface area (Å²) >= 11 is 0. The van der Waals surface area contributed by atoms with E-state index in [1.165, 1.54) is 6.08 Å². The van der Waals surface area contributed by atoms with E-state index in [0.717, 1.165) is 15.7 Å². The number of hydrogen-bond donors (Lipinski definition) is 2. The molecule has 1 heterocycles. The lowest BCUT2D eigenvalue weighted by atomic mass is 9.90. The predicted molar refractivity (Wildman–Crippen MR) is 102 cm³/mol. The van der Waals surface area contributed by atoms with Gasteiger partial charge < -0.3 is 9.84 Å². The van der Waals surface area contributed by atoms with Gasteiger partial charge in [0.1, 0.15) is 6.54 Å². The van der Waals surface area contributed by atoms with E-state index in [1.807, 2.05) is 30.3 Å². The van der Waals surface area contributed by atoms with Crippen LogP contribution < -0.4 is 5.84 Å². The van der Waals surface area contributed by atoms with Crippen LogP contribution in [0.3, 0.4) is 0 Å². The zero-order valence-electron chi connectivity index (χ0n) is 15.8. The summed E-state index contributed by atoms with van der Waals surface area (Å²) < 4.78 is 5.17. The third-order valence-corrected chi connectivity index (χ3v) is 4.29. The summed E-state index contributed by atoms with van der Waals surface area (Å²) in [5.41, 5.74) is 1.18. The third kappa shape index (κ3) is 5.77. The molecule has 0 spiro atoms. The van der Waals surface area contributed by atoms with Gasteiger partial charge in [0, 0.05) is 5.57 Å². The first kappa shape index (κ1) is 21.3. The molecule has 1 aliphatic heterocycles. The lowest BCUT2D eigenvalue weighted by Gasteiger charge is -2.32. The van der Waals surface area contributed by atoms with E-state index in [0.29, 0.717) is 12.8 Å². The molecule has 8 heteroatoms. The van der Waals surface area contributed by atoms with E-state index in [1.54, 1.807) is 19.1 Å². The van der Waals surface area contributed by atoms with Crippen molar-refractivity contribution in [2.75, 3.05) is 19.7 Å². The molecule has 1 atom stereocenters. The molecular formula is C20H25N3O5. The lowest BCUT2D eigenvalue weighted by molar-refractivity contribution is -0.158. The number of carbonyl (C=O) groups is 3. The number of benzene rings is 1. The number of amides is 1. The Morgan fingerprint density at radius 1 is 1.29 bits per heavy atom. The Labute approximate surface area is 163 Å². The average molecular weight is 387 g/mol. The quantitative estimate of drug-likeness (QED) is 0.510. The number of hydrazine groups is 2. The molecule has 3 N–H and O–H groups in total. The van der Waals surface area contributed by atoms with Crippen LogP contribution >= 0.6 is 0 Å².